The number of rotatable bonds is 1. The predicted octanol–water partition coefficient (Wildman–Crippen LogP) is 3.05. The third kappa shape index (κ3) is 3.09. The first-order valence-corrected chi connectivity index (χ1v) is 8.24. The lowest BCUT2D eigenvalue weighted by Gasteiger charge is -2.05. The molecule has 2 aromatic carbocycles. The van der Waals surface area contributed by atoms with E-state index in [1.807, 2.05) is 30.3 Å². The normalized spacial score (nSPS) is 9.82. The summed E-state index contributed by atoms with van der Waals surface area (Å²) < 4.78 is 0. The molecule has 1 radical (unpaired) electrons. The molecule has 0 atom stereocenters. The van der Waals surface area contributed by atoms with Crippen LogP contribution in [0.2, 0.25) is 13.1 Å². The zero-order chi connectivity index (χ0) is 12.1. The van der Waals surface area contributed by atoms with Gasteiger partial charge in [0.1, 0.15) is 0 Å². The van der Waals surface area contributed by atoms with Crippen molar-refractivity contribution >= 4 is 14.0 Å². The molecule has 0 spiro atoms. The van der Waals surface area contributed by atoms with Crippen LogP contribution in [0.15, 0.2) is 54.6 Å². The summed E-state index contributed by atoms with van der Waals surface area (Å²) in [7, 11) is -0.448. The third-order valence-electron chi connectivity index (χ3n) is 2.58. The second-order valence-corrected chi connectivity index (χ2v) is 6.70. The van der Waals surface area contributed by atoms with Gasteiger partial charge in [-0.3, -0.25) is 0 Å². The zero-order valence-corrected chi connectivity index (χ0v) is 11.2. The van der Waals surface area contributed by atoms with Crippen molar-refractivity contribution in [3.05, 3.63) is 65.7 Å². The molecule has 0 aromatic heterocycles. The first-order chi connectivity index (χ1) is 8.27. The highest BCUT2D eigenvalue weighted by Gasteiger charge is 2.04. The second-order valence-electron chi connectivity index (χ2n) is 4.16. The summed E-state index contributed by atoms with van der Waals surface area (Å²) >= 11 is 0. The minimum atomic E-state index is -0.448. The van der Waals surface area contributed by atoms with Crippen molar-refractivity contribution in [2.24, 2.45) is 0 Å². The lowest BCUT2D eigenvalue weighted by atomic mass is 10.2. The van der Waals surface area contributed by atoms with Gasteiger partial charge in [-0.25, -0.2) is 0 Å². The van der Waals surface area contributed by atoms with Crippen LogP contribution in [0.3, 0.4) is 0 Å². The van der Waals surface area contributed by atoms with Gasteiger partial charge in [-0.15, -0.1) is 0 Å². The minimum absolute atomic E-state index is 0.448. The smallest absolute Gasteiger partial charge is 0.0670 e. The maximum Gasteiger partial charge on any atom is 0.0808 e. The molecule has 0 heterocycles. The summed E-state index contributed by atoms with van der Waals surface area (Å²) in [6.45, 7) is 4.60. The number of hydrogen-bond acceptors (Lipinski definition) is 0. The Bertz CT molecular complexity index is 544. The van der Waals surface area contributed by atoms with Crippen molar-refractivity contribution in [3.8, 4) is 11.8 Å². The Balaban J connectivity index is 2.34. The quantitative estimate of drug-likeness (QED) is 0.526. The van der Waals surface area contributed by atoms with Gasteiger partial charge in [0.2, 0.25) is 0 Å². The van der Waals surface area contributed by atoms with Crippen LogP contribution in [-0.4, -0.2) is 8.80 Å². The Morgan fingerprint density at radius 2 is 1.41 bits per heavy atom. The summed E-state index contributed by atoms with van der Waals surface area (Å²) in [5.41, 5.74) is 2.25. The molecule has 0 saturated carbocycles. The zero-order valence-electron chi connectivity index (χ0n) is 10.2. The van der Waals surface area contributed by atoms with Crippen LogP contribution in [0, 0.1) is 11.8 Å². The van der Waals surface area contributed by atoms with Gasteiger partial charge in [-0.05, 0) is 23.4 Å². The monoisotopic (exact) mass is 235 g/mol. The topological polar surface area (TPSA) is 0 Å². The Hall–Kier alpha value is -1.78. The van der Waals surface area contributed by atoms with Crippen LogP contribution in [0.25, 0.3) is 0 Å². The van der Waals surface area contributed by atoms with Gasteiger partial charge in [0.05, 0.1) is 8.80 Å². The van der Waals surface area contributed by atoms with Crippen LogP contribution in [0.1, 0.15) is 11.1 Å². The minimum Gasteiger partial charge on any atom is -0.0670 e. The van der Waals surface area contributed by atoms with Gasteiger partial charge in [-0.1, -0.05) is 61.3 Å². The van der Waals surface area contributed by atoms with E-state index in [0.717, 1.165) is 5.56 Å². The molecular weight excluding hydrogens is 220 g/mol. The van der Waals surface area contributed by atoms with Crippen LogP contribution < -0.4 is 5.19 Å². The highest BCUT2D eigenvalue weighted by Crippen LogP contribution is 1.99. The first-order valence-electron chi connectivity index (χ1n) is 5.74. The highest BCUT2D eigenvalue weighted by molar-refractivity contribution is 6.71. The van der Waals surface area contributed by atoms with E-state index in [2.05, 4.69) is 49.2 Å². The third-order valence-corrected chi connectivity index (χ3v) is 4.09. The average Bonchev–Trinajstić information content (AvgIpc) is 2.38. The molecule has 0 aliphatic rings. The van der Waals surface area contributed by atoms with Crippen molar-refractivity contribution in [2.75, 3.05) is 0 Å². The molecule has 17 heavy (non-hydrogen) atoms. The molecule has 0 saturated heterocycles. The van der Waals surface area contributed by atoms with Gasteiger partial charge in [-0.2, -0.15) is 0 Å². The standard InChI is InChI=1S/C16H15Si/c1-17(2)16-11-7-6-10-15(16)13-12-14-8-4-3-5-9-14/h3-11H,1-2H3. The average molecular weight is 235 g/mol. The Morgan fingerprint density at radius 1 is 0.765 bits per heavy atom. The molecule has 0 amide bonds. The van der Waals surface area contributed by atoms with Gasteiger partial charge in [0.25, 0.3) is 0 Å². The van der Waals surface area contributed by atoms with E-state index in [9.17, 15) is 0 Å². The number of hydrogen-bond donors (Lipinski definition) is 0. The van der Waals surface area contributed by atoms with Crippen LogP contribution in [0.5, 0.6) is 0 Å². The van der Waals surface area contributed by atoms with Gasteiger partial charge in [0.15, 0.2) is 0 Å². The summed E-state index contributed by atoms with van der Waals surface area (Å²) in [6, 6.07) is 18.6. The molecule has 0 N–H and O–H groups in total. The Morgan fingerprint density at radius 3 is 2.12 bits per heavy atom. The van der Waals surface area contributed by atoms with Crippen molar-refractivity contribution in [1.82, 2.24) is 0 Å². The first kappa shape index (κ1) is 11.7. The molecule has 1 heteroatoms. The van der Waals surface area contributed by atoms with Gasteiger partial charge >= 0.3 is 0 Å². The van der Waals surface area contributed by atoms with Crippen LogP contribution >= 0.6 is 0 Å². The lowest BCUT2D eigenvalue weighted by molar-refractivity contribution is 1.64. The molecule has 0 bridgehead atoms. The highest BCUT2D eigenvalue weighted by atomic mass is 28.3. The van der Waals surface area contributed by atoms with E-state index in [0.29, 0.717) is 0 Å². The summed E-state index contributed by atoms with van der Waals surface area (Å²) in [6.07, 6.45) is 0. The molecular formula is C16H15Si. The summed E-state index contributed by atoms with van der Waals surface area (Å²) in [5.74, 6) is 6.51. The van der Waals surface area contributed by atoms with Crippen molar-refractivity contribution in [2.45, 2.75) is 13.1 Å². The van der Waals surface area contributed by atoms with Crippen molar-refractivity contribution < 1.29 is 0 Å². The van der Waals surface area contributed by atoms with Crippen molar-refractivity contribution in [3.63, 3.8) is 0 Å². The second kappa shape index (κ2) is 5.52. The molecule has 2 rings (SSSR count). The molecule has 0 nitrogen and oxygen atoms in total. The number of benzene rings is 2. The fourth-order valence-corrected chi connectivity index (χ4v) is 2.80. The molecule has 83 valence electrons. The Labute approximate surface area is 105 Å². The maximum absolute atomic E-state index is 3.29. The predicted molar refractivity (Wildman–Crippen MR) is 76.0 cm³/mol. The molecule has 0 fully saturated rings. The van der Waals surface area contributed by atoms with E-state index >= 15 is 0 Å². The van der Waals surface area contributed by atoms with Crippen LogP contribution in [0.4, 0.5) is 0 Å². The van der Waals surface area contributed by atoms with E-state index < -0.39 is 8.80 Å². The van der Waals surface area contributed by atoms with Gasteiger partial charge < -0.3 is 0 Å². The lowest BCUT2D eigenvalue weighted by Crippen LogP contribution is -2.25. The summed E-state index contributed by atoms with van der Waals surface area (Å²) in [5, 5.41) is 1.42. The van der Waals surface area contributed by atoms with Crippen LogP contribution in [-0.2, 0) is 0 Å². The van der Waals surface area contributed by atoms with E-state index in [1.165, 1.54) is 10.8 Å². The fourth-order valence-electron chi connectivity index (χ4n) is 1.69. The largest absolute Gasteiger partial charge is 0.0808 e. The Kier molecular flexibility index (Phi) is 3.80. The SMILES string of the molecule is C[Si](C)c1ccccc1C#Cc1ccccc1. The summed E-state index contributed by atoms with van der Waals surface area (Å²) in [4.78, 5) is 0. The van der Waals surface area contributed by atoms with Crippen molar-refractivity contribution in [1.29, 1.82) is 0 Å². The maximum atomic E-state index is 3.29. The molecule has 0 unspecified atom stereocenters. The van der Waals surface area contributed by atoms with E-state index in [-0.39, 0.29) is 0 Å². The van der Waals surface area contributed by atoms with E-state index in [1.54, 1.807) is 0 Å². The molecule has 2 aromatic rings. The molecule has 0 aliphatic heterocycles. The van der Waals surface area contributed by atoms with E-state index in [4.69, 9.17) is 0 Å². The van der Waals surface area contributed by atoms with Gasteiger partial charge in [0, 0.05) is 11.1 Å². The molecule has 0 aliphatic carbocycles. The fraction of sp³-hybridized carbons (Fsp3) is 0.125.